The van der Waals surface area contributed by atoms with Gasteiger partial charge in [0.25, 0.3) is 0 Å². The Kier molecular flexibility index (Phi) is 3.94. The molecule has 24 heavy (non-hydrogen) atoms. The highest BCUT2D eigenvalue weighted by atomic mass is 32.2. The molecule has 1 aromatic heterocycles. The maximum atomic E-state index is 11.8. The Balaban J connectivity index is 1.62. The Bertz CT molecular complexity index is 961. The summed E-state index contributed by atoms with van der Waals surface area (Å²) in [7, 11) is 0. The average molecular weight is 340 g/mol. The normalized spacial score (nSPS) is 13.2. The molecule has 4 nitrogen and oxygen atoms in total. The van der Waals surface area contributed by atoms with E-state index in [9.17, 15) is 4.79 Å². The van der Waals surface area contributed by atoms with Crippen LogP contribution in [0.2, 0.25) is 0 Å². The fourth-order valence-corrected chi connectivity index (χ4v) is 3.65. The molecular formula is C19H16O4S. The Morgan fingerprint density at radius 3 is 2.71 bits per heavy atom. The molecule has 1 aliphatic rings. The van der Waals surface area contributed by atoms with Crippen molar-refractivity contribution in [2.45, 2.75) is 17.6 Å². The molecule has 0 saturated carbocycles. The molecule has 5 heteroatoms. The largest absolute Gasteiger partial charge is 0.486 e. The van der Waals surface area contributed by atoms with Crippen LogP contribution in [0.25, 0.3) is 11.0 Å². The number of thioether (sulfide) groups is 1. The molecule has 3 aromatic rings. The molecule has 0 bridgehead atoms. The van der Waals surface area contributed by atoms with Gasteiger partial charge in [-0.1, -0.05) is 12.1 Å². The highest BCUT2D eigenvalue weighted by Gasteiger charge is 2.12. The smallest absolute Gasteiger partial charge is 0.336 e. The summed E-state index contributed by atoms with van der Waals surface area (Å²) in [5.74, 6) is 2.25. The number of ether oxygens (including phenoxy) is 2. The van der Waals surface area contributed by atoms with E-state index < -0.39 is 0 Å². The molecular weight excluding hydrogens is 324 g/mol. The van der Waals surface area contributed by atoms with E-state index in [0.717, 1.165) is 32.9 Å². The topological polar surface area (TPSA) is 48.7 Å². The van der Waals surface area contributed by atoms with Gasteiger partial charge in [-0.15, -0.1) is 11.8 Å². The van der Waals surface area contributed by atoms with Crippen molar-refractivity contribution in [3.63, 3.8) is 0 Å². The summed E-state index contributed by atoms with van der Waals surface area (Å²) in [4.78, 5) is 12.9. The molecule has 2 heterocycles. The Hall–Kier alpha value is -2.40. The molecule has 0 unspecified atom stereocenters. The minimum atomic E-state index is -0.314. The van der Waals surface area contributed by atoms with E-state index in [0.29, 0.717) is 24.5 Å². The monoisotopic (exact) mass is 340 g/mol. The molecule has 4 rings (SSSR count). The first-order valence-electron chi connectivity index (χ1n) is 7.75. The first-order valence-corrected chi connectivity index (χ1v) is 8.73. The van der Waals surface area contributed by atoms with Gasteiger partial charge in [-0.3, -0.25) is 0 Å². The minimum Gasteiger partial charge on any atom is -0.486 e. The predicted molar refractivity (Wildman–Crippen MR) is 94.2 cm³/mol. The number of hydrogen-bond acceptors (Lipinski definition) is 5. The number of benzene rings is 2. The Morgan fingerprint density at radius 2 is 1.83 bits per heavy atom. The second kappa shape index (κ2) is 6.24. The van der Waals surface area contributed by atoms with Gasteiger partial charge in [-0.2, -0.15) is 0 Å². The quantitative estimate of drug-likeness (QED) is 0.529. The molecule has 0 N–H and O–H groups in total. The van der Waals surface area contributed by atoms with Crippen LogP contribution in [0.4, 0.5) is 0 Å². The van der Waals surface area contributed by atoms with Crippen molar-refractivity contribution in [1.29, 1.82) is 0 Å². The van der Waals surface area contributed by atoms with E-state index >= 15 is 0 Å². The van der Waals surface area contributed by atoms with Crippen molar-refractivity contribution < 1.29 is 13.9 Å². The van der Waals surface area contributed by atoms with Crippen LogP contribution in [0.5, 0.6) is 11.5 Å². The van der Waals surface area contributed by atoms with E-state index in [1.807, 2.05) is 43.3 Å². The van der Waals surface area contributed by atoms with Crippen LogP contribution in [0.1, 0.15) is 11.1 Å². The number of hydrogen-bond donors (Lipinski definition) is 0. The van der Waals surface area contributed by atoms with Gasteiger partial charge in [-0.05, 0) is 42.3 Å². The summed E-state index contributed by atoms with van der Waals surface area (Å²) >= 11 is 1.66. The van der Waals surface area contributed by atoms with E-state index in [4.69, 9.17) is 13.9 Å². The highest BCUT2D eigenvalue weighted by Crippen LogP contribution is 2.35. The van der Waals surface area contributed by atoms with Crippen LogP contribution in [-0.2, 0) is 5.75 Å². The Morgan fingerprint density at radius 1 is 1.00 bits per heavy atom. The summed E-state index contributed by atoms with van der Waals surface area (Å²) in [6.07, 6.45) is 0. The third-order valence-electron chi connectivity index (χ3n) is 3.89. The lowest BCUT2D eigenvalue weighted by Crippen LogP contribution is -2.15. The summed E-state index contributed by atoms with van der Waals surface area (Å²) in [6, 6.07) is 13.4. The fourth-order valence-electron chi connectivity index (χ4n) is 2.73. The first kappa shape index (κ1) is 15.1. The molecule has 0 spiro atoms. The first-order chi connectivity index (χ1) is 11.7. The van der Waals surface area contributed by atoms with Crippen LogP contribution < -0.4 is 15.1 Å². The lowest BCUT2D eigenvalue weighted by Gasteiger charge is -2.18. The lowest BCUT2D eigenvalue weighted by atomic mass is 10.1. The second-order valence-corrected chi connectivity index (χ2v) is 6.73. The van der Waals surface area contributed by atoms with Crippen molar-refractivity contribution >= 4 is 22.7 Å². The van der Waals surface area contributed by atoms with E-state index in [1.54, 1.807) is 17.8 Å². The van der Waals surface area contributed by atoms with Crippen LogP contribution in [0.15, 0.2) is 56.6 Å². The SMILES string of the molecule is Cc1ccc2c(CSc3ccc4c(c3)OCCO4)cc(=O)oc2c1. The molecule has 0 amide bonds. The molecule has 0 radical (unpaired) electrons. The van der Waals surface area contributed by atoms with Gasteiger partial charge >= 0.3 is 5.63 Å². The average Bonchev–Trinajstić information content (AvgIpc) is 2.59. The van der Waals surface area contributed by atoms with E-state index in [1.165, 1.54) is 0 Å². The maximum Gasteiger partial charge on any atom is 0.336 e. The standard InChI is InChI=1S/C19H16O4S/c1-12-2-4-15-13(9-19(20)23-17(15)8-12)11-24-14-3-5-16-18(10-14)22-7-6-21-16/h2-5,8-10H,6-7,11H2,1H3. The van der Waals surface area contributed by atoms with Crippen molar-refractivity contribution in [3.05, 3.63) is 64.0 Å². The van der Waals surface area contributed by atoms with Crippen molar-refractivity contribution in [3.8, 4) is 11.5 Å². The third kappa shape index (κ3) is 2.99. The van der Waals surface area contributed by atoms with E-state index in [2.05, 4.69) is 0 Å². The van der Waals surface area contributed by atoms with E-state index in [-0.39, 0.29) is 5.63 Å². The Labute approximate surface area is 143 Å². The van der Waals surface area contributed by atoms with Gasteiger partial charge in [0.1, 0.15) is 18.8 Å². The van der Waals surface area contributed by atoms with Crippen molar-refractivity contribution in [2.75, 3.05) is 13.2 Å². The number of rotatable bonds is 3. The molecule has 2 aromatic carbocycles. The molecule has 0 atom stereocenters. The van der Waals surface area contributed by atoms with Gasteiger partial charge in [0.15, 0.2) is 11.5 Å². The summed E-state index contributed by atoms with van der Waals surface area (Å²) in [5, 5.41) is 0.977. The van der Waals surface area contributed by atoms with Crippen LogP contribution in [0, 0.1) is 6.92 Å². The maximum absolute atomic E-state index is 11.8. The molecule has 122 valence electrons. The van der Waals surface area contributed by atoms with Gasteiger partial charge in [0.2, 0.25) is 0 Å². The van der Waals surface area contributed by atoms with Crippen LogP contribution in [0.3, 0.4) is 0 Å². The zero-order valence-electron chi connectivity index (χ0n) is 13.2. The summed E-state index contributed by atoms with van der Waals surface area (Å²) < 4.78 is 16.5. The fraction of sp³-hybridized carbons (Fsp3) is 0.211. The number of fused-ring (bicyclic) bond motifs is 2. The van der Waals surface area contributed by atoms with Gasteiger partial charge in [0.05, 0.1) is 0 Å². The minimum absolute atomic E-state index is 0.314. The van der Waals surface area contributed by atoms with Gasteiger partial charge < -0.3 is 13.9 Å². The van der Waals surface area contributed by atoms with Crippen LogP contribution in [-0.4, -0.2) is 13.2 Å². The second-order valence-electron chi connectivity index (χ2n) is 5.68. The van der Waals surface area contributed by atoms with Gasteiger partial charge in [-0.25, -0.2) is 4.79 Å². The molecule has 0 aliphatic carbocycles. The molecule has 0 fully saturated rings. The third-order valence-corrected chi connectivity index (χ3v) is 4.94. The lowest BCUT2D eigenvalue weighted by molar-refractivity contribution is 0.171. The molecule has 1 aliphatic heterocycles. The highest BCUT2D eigenvalue weighted by molar-refractivity contribution is 7.98. The predicted octanol–water partition coefficient (Wildman–Crippen LogP) is 4.16. The van der Waals surface area contributed by atoms with Crippen molar-refractivity contribution in [2.24, 2.45) is 0 Å². The summed E-state index contributed by atoms with van der Waals surface area (Å²) in [5.41, 5.74) is 2.37. The molecule has 0 saturated heterocycles. The van der Waals surface area contributed by atoms with Crippen molar-refractivity contribution in [1.82, 2.24) is 0 Å². The van der Waals surface area contributed by atoms with Crippen LogP contribution >= 0.6 is 11.8 Å². The summed E-state index contributed by atoms with van der Waals surface area (Å²) in [6.45, 7) is 3.14. The zero-order valence-corrected chi connectivity index (χ0v) is 14.0. The zero-order chi connectivity index (χ0) is 16.5. The van der Waals surface area contributed by atoms with Gasteiger partial charge in [0, 0.05) is 22.1 Å². The number of aryl methyl sites for hydroxylation is 1.